The Labute approximate surface area is 217 Å². The van der Waals surface area contributed by atoms with Crippen molar-refractivity contribution < 1.29 is 33.5 Å². The largest absolute Gasteiger partial charge is 0.493 e. The third-order valence-electron chi connectivity index (χ3n) is 5.61. The summed E-state index contributed by atoms with van der Waals surface area (Å²) in [7, 11) is 1.45. The van der Waals surface area contributed by atoms with Gasteiger partial charge in [0.2, 0.25) is 0 Å². The monoisotopic (exact) mass is 517 g/mol. The van der Waals surface area contributed by atoms with Gasteiger partial charge in [0.25, 0.3) is 17.5 Å². The number of carbonyl (C=O) groups excluding carboxylic acids is 3. The molecule has 3 aromatic rings. The van der Waals surface area contributed by atoms with Crippen LogP contribution in [0, 0.1) is 17.0 Å². The van der Waals surface area contributed by atoms with Crippen LogP contribution in [0.5, 0.6) is 17.2 Å². The van der Waals surface area contributed by atoms with Crippen LogP contribution in [0.1, 0.15) is 11.1 Å². The number of nitro groups is 1. The maximum absolute atomic E-state index is 13.1. The van der Waals surface area contributed by atoms with E-state index in [0.29, 0.717) is 34.1 Å². The van der Waals surface area contributed by atoms with Crippen LogP contribution in [0.4, 0.5) is 16.2 Å². The van der Waals surface area contributed by atoms with Gasteiger partial charge < -0.3 is 14.2 Å². The molecule has 0 aromatic heterocycles. The number of nitro benzene ring substituents is 1. The van der Waals surface area contributed by atoms with E-state index in [4.69, 9.17) is 14.2 Å². The van der Waals surface area contributed by atoms with Crippen molar-refractivity contribution in [2.45, 2.75) is 6.92 Å². The molecule has 0 aliphatic carbocycles. The average molecular weight is 517 g/mol. The lowest BCUT2D eigenvalue weighted by molar-refractivity contribution is -0.384. The zero-order valence-electron chi connectivity index (χ0n) is 20.5. The molecule has 0 bridgehead atoms. The predicted octanol–water partition coefficient (Wildman–Crippen LogP) is 4.04. The van der Waals surface area contributed by atoms with E-state index in [1.807, 2.05) is 0 Å². The quantitative estimate of drug-likeness (QED) is 0.148. The van der Waals surface area contributed by atoms with Crippen molar-refractivity contribution in [3.63, 3.8) is 0 Å². The summed E-state index contributed by atoms with van der Waals surface area (Å²) in [5, 5.41) is 12.9. The first-order valence-corrected chi connectivity index (χ1v) is 11.4. The fraction of sp³-hybridized carbons (Fsp3) is 0.148. The van der Waals surface area contributed by atoms with Gasteiger partial charge in [-0.05, 0) is 54.5 Å². The smallest absolute Gasteiger partial charge is 0.335 e. The van der Waals surface area contributed by atoms with E-state index in [9.17, 15) is 24.5 Å². The standard InChI is InChI=1S/C27H23N3O8/c1-17-5-3-4-6-22(17)29-26(32)21(25(31)28-27(29)33)15-18-7-12-23(24(16-18)36-2)38-14-13-37-20-10-8-19(9-11-20)30(34)35/h3-12,15-16H,13-14H2,1-2H3,(H,28,31,33). The minimum Gasteiger partial charge on any atom is -0.493 e. The molecule has 4 rings (SSSR count). The number of methoxy groups -OCH3 is 1. The Hall–Kier alpha value is -5.19. The van der Waals surface area contributed by atoms with Gasteiger partial charge in [-0.2, -0.15) is 0 Å². The fourth-order valence-electron chi connectivity index (χ4n) is 3.73. The molecule has 3 aromatic carbocycles. The fourth-order valence-corrected chi connectivity index (χ4v) is 3.73. The van der Waals surface area contributed by atoms with E-state index in [1.54, 1.807) is 49.4 Å². The molecule has 0 unspecified atom stereocenters. The Morgan fingerprint density at radius 1 is 0.947 bits per heavy atom. The molecule has 11 nitrogen and oxygen atoms in total. The van der Waals surface area contributed by atoms with Gasteiger partial charge in [0.1, 0.15) is 24.5 Å². The van der Waals surface area contributed by atoms with Gasteiger partial charge in [-0.25, -0.2) is 9.69 Å². The van der Waals surface area contributed by atoms with Gasteiger partial charge in [0.05, 0.1) is 17.7 Å². The average Bonchev–Trinajstić information content (AvgIpc) is 2.90. The Bertz CT molecular complexity index is 1430. The van der Waals surface area contributed by atoms with Crippen molar-refractivity contribution >= 4 is 35.3 Å². The number of amides is 4. The van der Waals surface area contributed by atoms with Crippen molar-refractivity contribution in [3.8, 4) is 17.2 Å². The second-order valence-corrected chi connectivity index (χ2v) is 8.10. The number of nitrogens with zero attached hydrogens (tertiary/aromatic N) is 2. The summed E-state index contributed by atoms with van der Waals surface area (Å²) in [5.41, 5.74) is 1.32. The van der Waals surface area contributed by atoms with Crippen LogP contribution in [0.15, 0.2) is 72.3 Å². The number of benzene rings is 3. The number of urea groups is 1. The van der Waals surface area contributed by atoms with Crippen molar-refractivity contribution in [3.05, 3.63) is 93.5 Å². The number of barbiturate groups is 1. The van der Waals surface area contributed by atoms with Crippen molar-refractivity contribution in [2.24, 2.45) is 0 Å². The summed E-state index contributed by atoms with van der Waals surface area (Å²) in [6.07, 6.45) is 1.37. The van der Waals surface area contributed by atoms with E-state index in [-0.39, 0.29) is 24.5 Å². The number of rotatable bonds is 9. The molecular formula is C27H23N3O8. The van der Waals surface area contributed by atoms with E-state index in [1.165, 1.54) is 37.5 Å². The van der Waals surface area contributed by atoms with Crippen LogP contribution in [-0.4, -0.2) is 43.1 Å². The van der Waals surface area contributed by atoms with E-state index < -0.39 is 22.8 Å². The SMILES string of the molecule is COc1cc(C=C2C(=O)NC(=O)N(c3ccccc3C)C2=O)ccc1OCCOc1ccc([N+](=O)[O-])cc1. The number of non-ortho nitro benzene ring substituents is 1. The maximum Gasteiger partial charge on any atom is 0.335 e. The van der Waals surface area contributed by atoms with Gasteiger partial charge >= 0.3 is 6.03 Å². The van der Waals surface area contributed by atoms with Gasteiger partial charge in [0.15, 0.2) is 11.5 Å². The molecule has 0 radical (unpaired) electrons. The van der Waals surface area contributed by atoms with Crippen LogP contribution in [0.2, 0.25) is 0 Å². The molecule has 0 saturated carbocycles. The Morgan fingerprint density at radius 2 is 1.66 bits per heavy atom. The number of hydrogen-bond donors (Lipinski definition) is 1. The number of anilines is 1. The maximum atomic E-state index is 13.1. The zero-order chi connectivity index (χ0) is 27.2. The molecular weight excluding hydrogens is 494 g/mol. The first-order chi connectivity index (χ1) is 18.3. The van der Waals surface area contributed by atoms with E-state index >= 15 is 0 Å². The highest BCUT2D eigenvalue weighted by Crippen LogP contribution is 2.30. The van der Waals surface area contributed by atoms with Crippen LogP contribution >= 0.6 is 0 Å². The highest BCUT2D eigenvalue weighted by molar-refractivity contribution is 6.39. The van der Waals surface area contributed by atoms with Crippen LogP contribution < -0.4 is 24.4 Å². The number of para-hydroxylation sites is 1. The van der Waals surface area contributed by atoms with Gasteiger partial charge in [-0.15, -0.1) is 0 Å². The molecule has 1 saturated heterocycles. The Morgan fingerprint density at radius 3 is 2.34 bits per heavy atom. The molecule has 1 aliphatic rings. The summed E-state index contributed by atoms with van der Waals surface area (Å²) >= 11 is 0. The van der Waals surface area contributed by atoms with Crippen LogP contribution in [0.3, 0.4) is 0 Å². The Kier molecular flexibility index (Phi) is 7.66. The topological polar surface area (TPSA) is 137 Å². The van der Waals surface area contributed by atoms with Gasteiger partial charge in [-0.1, -0.05) is 24.3 Å². The third kappa shape index (κ3) is 5.62. The minimum atomic E-state index is -0.816. The van der Waals surface area contributed by atoms with Gasteiger partial charge in [-0.3, -0.25) is 25.0 Å². The van der Waals surface area contributed by atoms with Crippen molar-refractivity contribution in [2.75, 3.05) is 25.2 Å². The molecule has 38 heavy (non-hydrogen) atoms. The molecule has 1 fully saturated rings. The molecule has 1 aliphatic heterocycles. The normalized spacial score (nSPS) is 14.3. The Balaban J connectivity index is 1.45. The van der Waals surface area contributed by atoms with Gasteiger partial charge in [0, 0.05) is 12.1 Å². The summed E-state index contributed by atoms with van der Waals surface area (Å²) in [5.74, 6) is -0.326. The summed E-state index contributed by atoms with van der Waals surface area (Å²) in [6, 6.07) is 16.6. The number of ether oxygens (including phenoxy) is 3. The first kappa shape index (κ1) is 25.9. The predicted molar refractivity (Wildman–Crippen MR) is 137 cm³/mol. The third-order valence-corrected chi connectivity index (χ3v) is 5.61. The highest BCUT2D eigenvalue weighted by Gasteiger charge is 2.37. The van der Waals surface area contributed by atoms with E-state index in [0.717, 1.165) is 4.90 Å². The van der Waals surface area contributed by atoms with Crippen molar-refractivity contribution in [1.29, 1.82) is 0 Å². The molecule has 0 atom stereocenters. The number of carbonyl (C=O) groups is 3. The number of nitrogens with one attached hydrogen (secondary N) is 1. The molecule has 1 heterocycles. The molecule has 4 amide bonds. The zero-order valence-corrected chi connectivity index (χ0v) is 20.5. The molecule has 194 valence electrons. The summed E-state index contributed by atoms with van der Waals surface area (Å²) < 4.78 is 16.7. The summed E-state index contributed by atoms with van der Waals surface area (Å²) in [4.78, 5) is 49.3. The lowest BCUT2D eigenvalue weighted by Crippen LogP contribution is -2.54. The second-order valence-electron chi connectivity index (χ2n) is 8.10. The lowest BCUT2D eigenvalue weighted by Gasteiger charge is -2.27. The minimum absolute atomic E-state index is 0.0321. The number of aryl methyl sites for hydroxylation is 1. The number of hydrogen-bond acceptors (Lipinski definition) is 8. The molecule has 1 N–H and O–H groups in total. The van der Waals surface area contributed by atoms with Crippen molar-refractivity contribution in [1.82, 2.24) is 5.32 Å². The molecule has 0 spiro atoms. The lowest BCUT2D eigenvalue weighted by atomic mass is 10.1. The van der Waals surface area contributed by atoms with E-state index in [2.05, 4.69) is 5.32 Å². The highest BCUT2D eigenvalue weighted by atomic mass is 16.6. The molecule has 11 heteroatoms. The van der Waals surface area contributed by atoms with Crippen LogP contribution in [0.25, 0.3) is 6.08 Å². The second kappa shape index (κ2) is 11.2. The summed E-state index contributed by atoms with van der Waals surface area (Å²) in [6.45, 7) is 2.09. The first-order valence-electron chi connectivity index (χ1n) is 11.4. The van der Waals surface area contributed by atoms with Crippen LogP contribution in [-0.2, 0) is 9.59 Å². The number of imide groups is 2.